The molecule has 0 spiro atoms. The number of aryl methyl sites for hydroxylation is 4. The van der Waals surface area contributed by atoms with Crippen LogP contribution in [0.25, 0.3) is 44.5 Å². The maximum Gasteiger partial charge on any atom is 4.00 e. The van der Waals surface area contributed by atoms with E-state index in [9.17, 15) is 10.2 Å². The SMILES string of the molecule is Cc1ccc(OCCCN(C)c2ccccc2C)c(-c2cccc(-c3ccccc3)c2O)c1.Cc1ccc(OCCCN(C)c2ccccc2C)c(-c2cccc(-c3ccccc3)c2O)c1.[CH2-]c1ccccc1.[CH2-]c1ccccc1.[CH2-]c1ccccc1.[CH2-]c1ccccc1.[CH2-]c1ccccc1.[CH2-]c1ccccc1.[Hf+4].[Zr+4]. The predicted molar refractivity (Wildman–Crippen MR) is 462 cm³/mol. The summed E-state index contributed by atoms with van der Waals surface area (Å²) in [7, 11) is 4.24. The zero-order chi connectivity index (χ0) is 77.1. The molecular weight excluding hydrogens is 1590 g/mol. The summed E-state index contributed by atoms with van der Waals surface area (Å²) in [5.41, 5.74) is 20.7. The van der Waals surface area contributed by atoms with E-state index < -0.39 is 0 Å². The molecule has 552 valence electrons. The largest absolute Gasteiger partial charge is 4.00 e. The summed E-state index contributed by atoms with van der Waals surface area (Å²) in [6.45, 7) is 33.7. The molecule has 0 amide bonds. The van der Waals surface area contributed by atoms with Crippen LogP contribution in [-0.2, 0) is 52.0 Å². The molecule has 6 nitrogen and oxygen atoms in total. The van der Waals surface area contributed by atoms with Crippen LogP contribution in [0.1, 0.15) is 68.5 Å². The monoisotopic (exact) mass is 1690 g/mol. The van der Waals surface area contributed by atoms with E-state index >= 15 is 0 Å². The van der Waals surface area contributed by atoms with Gasteiger partial charge in [-0.3, -0.25) is 0 Å². The van der Waals surface area contributed by atoms with Crippen molar-refractivity contribution in [2.24, 2.45) is 0 Å². The Hall–Kier alpha value is -11.1. The molecule has 14 aromatic carbocycles. The number of benzene rings is 14. The Kier molecular flexibility index (Phi) is 41.1. The Morgan fingerprint density at radius 1 is 0.273 bits per heavy atom. The van der Waals surface area contributed by atoms with Crippen LogP contribution in [0.4, 0.5) is 11.4 Å². The predicted octanol–water partition coefficient (Wildman–Crippen LogP) is 25.7. The number of para-hydroxylation sites is 4. The topological polar surface area (TPSA) is 65.4 Å². The number of hydrogen-bond acceptors (Lipinski definition) is 6. The number of anilines is 2. The third kappa shape index (κ3) is 32.0. The van der Waals surface area contributed by atoms with Crippen LogP contribution in [0, 0.1) is 69.2 Å². The molecule has 110 heavy (non-hydrogen) atoms. The molecule has 0 aliphatic rings. The Bertz CT molecular complexity index is 4300. The molecule has 0 bridgehead atoms. The summed E-state index contributed by atoms with van der Waals surface area (Å²) in [6, 6.07) is 120. The third-order valence-electron chi connectivity index (χ3n) is 17.0. The summed E-state index contributed by atoms with van der Waals surface area (Å²) in [5.74, 6) is 2.14. The number of aromatic hydroxyl groups is 2. The number of phenols is 2. The molecule has 8 heteroatoms. The van der Waals surface area contributed by atoms with Gasteiger partial charge in [0.2, 0.25) is 0 Å². The van der Waals surface area contributed by atoms with Crippen molar-refractivity contribution in [1.29, 1.82) is 0 Å². The van der Waals surface area contributed by atoms with Crippen molar-refractivity contribution in [2.75, 3.05) is 50.2 Å². The first-order valence-corrected chi connectivity index (χ1v) is 36.4. The van der Waals surface area contributed by atoms with Crippen LogP contribution < -0.4 is 19.3 Å². The summed E-state index contributed by atoms with van der Waals surface area (Å²) < 4.78 is 12.5. The number of phenolic OH excluding ortho intramolecular Hbond substituents is 2. The summed E-state index contributed by atoms with van der Waals surface area (Å²) >= 11 is 0. The maximum absolute atomic E-state index is 11.1. The van der Waals surface area contributed by atoms with Gasteiger partial charge in [0.1, 0.15) is 23.0 Å². The second-order valence-corrected chi connectivity index (χ2v) is 25.9. The van der Waals surface area contributed by atoms with Crippen LogP contribution in [0.3, 0.4) is 0 Å². The summed E-state index contributed by atoms with van der Waals surface area (Å²) in [6.07, 6.45) is 1.79. The van der Waals surface area contributed by atoms with Gasteiger partial charge in [-0.05, 0) is 99.2 Å². The fraction of sp³-hybridized carbons (Fsp3) is 0.118. The third-order valence-corrected chi connectivity index (χ3v) is 17.0. The van der Waals surface area contributed by atoms with Crippen LogP contribution in [0.15, 0.2) is 364 Å². The van der Waals surface area contributed by atoms with Gasteiger partial charge in [-0.1, -0.05) is 193 Å². The molecule has 0 heterocycles. The van der Waals surface area contributed by atoms with Gasteiger partial charge in [0.15, 0.2) is 0 Å². The van der Waals surface area contributed by atoms with Crippen LogP contribution in [-0.4, -0.2) is 50.6 Å². The van der Waals surface area contributed by atoms with Crippen LogP contribution in [0.5, 0.6) is 23.0 Å². The minimum absolute atomic E-state index is 0. The Morgan fingerprint density at radius 3 is 0.755 bits per heavy atom. The molecule has 0 unspecified atom stereocenters. The maximum atomic E-state index is 11.1. The molecule has 0 aromatic heterocycles. The second kappa shape index (κ2) is 50.5. The Morgan fingerprint density at radius 2 is 0.509 bits per heavy atom. The van der Waals surface area contributed by atoms with E-state index in [1.54, 1.807) is 0 Å². The molecule has 0 aliphatic carbocycles. The second-order valence-electron chi connectivity index (χ2n) is 25.9. The molecule has 0 aliphatic heterocycles. The zero-order valence-electron chi connectivity index (χ0n) is 64.7. The fourth-order valence-corrected chi connectivity index (χ4v) is 11.2. The van der Waals surface area contributed by atoms with E-state index in [1.807, 2.05) is 291 Å². The number of rotatable bonds is 16. The minimum Gasteiger partial charge on any atom is -0.507 e. The first-order valence-electron chi connectivity index (χ1n) is 36.4. The first-order chi connectivity index (χ1) is 52.4. The molecule has 0 radical (unpaired) electrons. The number of nitrogens with zero attached hydrogens (tertiary/aromatic N) is 2. The molecule has 0 saturated carbocycles. The van der Waals surface area contributed by atoms with Crippen molar-refractivity contribution >= 4 is 11.4 Å². The van der Waals surface area contributed by atoms with Crippen LogP contribution >= 0.6 is 0 Å². The standard InChI is InChI=1S/2C30H31NO2.6C7H7.Hf.Zr/c2*1-22-17-18-29(33-20-10-19-31(3)28-16-8-7-11-23(28)2)27(21-22)26-15-9-14-25(30(26)32)24-12-5-4-6-13-24;6*1-7-5-3-2-4-6-7;;/h2*4-9,11-18,21,32H,10,19-20H2,1-3H3;6*2-6H,1H2;;/q;;6*-1;2*+4. The van der Waals surface area contributed by atoms with Crippen molar-refractivity contribution < 1.29 is 71.7 Å². The van der Waals surface area contributed by atoms with Crippen LogP contribution in [0.2, 0.25) is 0 Å². The normalized spacial score (nSPS) is 9.73. The van der Waals surface area contributed by atoms with Gasteiger partial charge >= 0.3 is 52.0 Å². The molecule has 0 fully saturated rings. The van der Waals surface area contributed by atoms with Crippen molar-refractivity contribution in [3.63, 3.8) is 0 Å². The average Bonchev–Trinajstić information content (AvgIpc) is 0.798. The van der Waals surface area contributed by atoms with E-state index in [0.717, 1.165) is 126 Å². The number of ether oxygens (including phenoxy) is 2. The Balaban J connectivity index is 0.000000255. The van der Waals surface area contributed by atoms with Gasteiger partial charge in [0.05, 0.1) is 13.2 Å². The zero-order valence-corrected chi connectivity index (χ0v) is 70.8. The van der Waals surface area contributed by atoms with Gasteiger partial charge in [0.25, 0.3) is 0 Å². The molecule has 2 N–H and O–H groups in total. The van der Waals surface area contributed by atoms with Crippen molar-refractivity contribution in [2.45, 2.75) is 40.5 Å². The van der Waals surface area contributed by atoms with Gasteiger partial charge in [-0.2, -0.15) is 148 Å². The molecule has 0 saturated heterocycles. The van der Waals surface area contributed by atoms with Gasteiger partial charge in [-0.25, -0.2) is 0 Å². The van der Waals surface area contributed by atoms with E-state index in [1.165, 1.54) is 22.5 Å². The smallest absolute Gasteiger partial charge is 0.507 e. The van der Waals surface area contributed by atoms with Gasteiger partial charge < -0.3 is 29.5 Å². The molecule has 14 rings (SSSR count). The van der Waals surface area contributed by atoms with E-state index in [-0.39, 0.29) is 63.5 Å². The first kappa shape index (κ1) is 89.5. The van der Waals surface area contributed by atoms with Gasteiger partial charge in [0, 0.05) is 71.9 Å². The van der Waals surface area contributed by atoms with E-state index in [4.69, 9.17) is 9.47 Å². The Labute approximate surface area is 696 Å². The van der Waals surface area contributed by atoms with Crippen molar-refractivity contribution in [3.8, 4) is 67.5 Å². The van der Waals surface area contributed by atoms with E-state index in [0.29, 0.717) is 13.2 Å². The molecule has 0 atom stereocenters. The minimum atomic E-state index is 0. The average molecular weight is 1690 g/mol. The van der Waals surface area contributed by atoms with Crippen molar-refractivity contribution in [3.05, 3.63) is 461 Å². The van der Waals surface area contributed by atoms with E-state index in [2.05, 4.69) is 166 Å². The summed E-state index contributed by atoms with van der Waals surface area (Å²) in [5, 5.41) is 22.3. The quantitative estimate of drug-likeness (QED) is 0.0571. The molecule has 14 aromatic rings. The number of hydrogen-bond donors (Lipinski definition) is 2. The fourth-order valence-electron chi connectivity index (χ4n) is 11.2. The van der Waals surface area contributed by atoms with Gasteiger partial charge in [-0.15, -0.1) is 72.8 Å². The molecular formula is C102H104HfN2O4Zr+2. The summed E-state index contributed by atoms with van der Waals surface area (Å²) in [4.78, 5) is 4.54. The van der Waals surface area contributed by atoms with Crippen molar-refractivity contribution in [1.82, 2.24) is 0 Å².